The largest absolute Gasteiger partial charge is 0.486 e. The highest BCUT2D eigenvalue weighted by Crippen LogP contribution is 2.34. The van der Waals surface area contributed by atoms with E-state index in [1.807, 2.05) is 24.3 Å². The summed E-state index contributed by atoms with van der Waals surface area (Å²) in [7, 11) is 1.74. The third kappa shape index (κ3) is 6.17. The molecule has 0 unspecified atom stereocenters. The molecule has 3 rings (SSSR count). The Bertz CT molecular complexity index is 1090. The zero-order valence-corrected chi connectivity index (χ0v) is 18.8. The number of hydrogen-bond acceptors (Lipinski definition) is 5. The first-order valence-electron chi connectivity index (χ1n) is 9.56. The molecule has 0 aliphatic rings. The van der Waals surface area contributed by atoms with Gasteiger partial charge in [0.05, 0.1) is 22.0 Å². The molecule has 1 N–H and O–H groups in total. The fraction of sp³-hybridized carbons (Fsp3) is 0.286. The summed E-state index contributed by atoms with van der Waals surface area (Å²) < 4.78 is 46.0. The van der Waals surface area contributed by atoms with E-state index in [4.69, 9.17) is 16.3 Å². The molecule has 0 fully saturated rings. The van der Waals surface area contributed by atoms with Crippen molar-refractivity contribution in [1.29, 1.82) is 0 Å². The number of alkyl halides is 3. The van der Waals surface area contributed by atoms with Gasteiger partial charge >= 0.3 is 6.18 Å². The van der Waals surface area contributed by atoms with Crippen molar-refractivity contribution in [1.82, 2.24) is 14.8 Å². The number of hydrogen-bond donors (Lipinski definition) is 1. The van der Waals surface area contributed by atoms with E-state index in [-0.39, 0.29) is 23.1 Å². The van der Waals surface area contributed by atoms with Crippen LogP contribution in [-0.4, -0.2) is 26.4 Å². The monoisotopic (exact) mass is 484 g/mol. The molecule has 1 aromatic heterocycles. The Morgan fingerprint density at radius 1 is 1.19 bits per heavy atom. The Balaban J connectivity index is 1.56. The molecule has 0 aliphatic heterocycles. The topological polar surface area (TPSA) is 69.0 Å². The Morgan fingerprint density at radius 2 is 1.91 bits per heavy atom. The van der Waals surface area contributed by atoms with Gasteiger partial charge in [0.2, 0.25) is 5.91 Å². The minimum Gasteiger partial charge on any atom is -0.486 e. The molecule has 0 bridgehead atoms. The van der Waals surface area contributed by atoms with Crippen LogP contribution in [0.5, 0.6) is 5.75 Å². The quantitative estimate of drug-likeness (QED) is 0.436. The van der Waals surface area contributed by atoms with Gasteiger partial charge < -0.3 is 14.6 Å². The molecular formula is C21H20ClF3N4O2S. The normalized spacial score (nSPS) is 11.4. The number of aromatic nitrogens is 3. The van der Waals surface area contributed by atoms with Crippen molar-refractivity contribution in [3.63, 3.8) is 0 Å². The molecule has 170 valence electrons. The minimum absolute atomic E-state index is 0.0152. The fourth-order valence-electron chi connectivity index (χ4n) is 2.68. The molecule has 0 saturated heterocycles. The molecule has 0 radical (unpaired) electrons. The number of nitrogens with zero attached hydrogens (tertiary/aromatic N) is 3. The van der Waals surface area contributed by atoms with Crippen LogP contribution in [0.25, 0.3) is 0 Å². The molecule has 6 nitrogen and oxygen atoms in total. The summed E-state index contributed by atoms with van der Waals surface area (Å²) in [6.45, 7) is 2.27. The van der Waals surface area contributed by atoms with Gasteiger partial charge in [-0.15, -0.1) is 10.2 Å². The van der Waals surface area contributed by atoms with Crippen molar-refractivity contribution in [2.75, 3.05) is 11.1 Å². The van der Waals surface area contributed by atoms with E-state index < -0.39 is 17.6 Å². The predicted molar refractivity (Wildman–Crippen MR) is 117 cm³/mol. The Hall–Kier alpha value is -2.72. The summed E-state index contributed by atoms with van der Waals surface area (Å²) >= 11 is 7.00. The molecule has 32 heavy (non-hydrogen) atoms. The average Bonchev–Trinajstić information content (AvgIpc) is 3.11. The van der Waals surface area contributed by atoms with Crippen molar-refractivity contribution in [3.8, 4) is 5.75 Å². The van der Waals surface area contributed by atoms with E-state index in [2.05, 4.69) is 22.4 Å². The number of nitrogens with one attached hydrogen (secondary N) is 1. The van der Waals surface area contributed by atoms with E-state index in [0.29, 0.717) is 16.7 Å². The third-order valence-corrected chi connectivity index (χ3v) is 5.87. The predicted octanol–water partition coefficient (Wildman–Crippen LogP) is 5.36. The SMILES string of the molecule is CCc1ccc(OCc2nnc(SCC(=O)Nc3cc(C(F)(F)F)ccc3Cl)n2C)cc1. The Morgan fingerprint density at radius 3 is 2.56 bits per heavy atom. The summed E-state index contributed by atoms with van der Waals surface area (Å²) in [5.41, 5.74) is 0.208. The van der Waals surface area contributed by atoms with Crippen LogP contribution < -0.4 is 10.1 Å². The van der Waals surface area contributed by atoms with E-state index in [9.17, 15) is 18.0 Å². The van der Waals surface area contributed by atoms with Crippen LogP contribution in [0.2, 0.25) is 5.02 Å². The molecule has 0 spiro atoms. The summed E-state index contributed by atoms with van der Waals surface area (Å²) in [5.74, 6) is 0.663. The summed E-state index contributed by atoms with van der Waals surface area (Å²) in [6, 6.07) is 10.5. The van der Waals surface area contributed by atoms with Gasteiger partial charge in [0.25, 0.3) is 0 Å². The molecular weight excluding hydrogens is 465 g/mol. The van der Waals surface area contributed by atoms with E-state index >= 15 is 0 Å². The number of anilines is 1. The maximum Gasteiger partial charge on any atom is 0.416 e. The number of benzene rings is 2. The van der Waals surface area contributed by atoms with Crippen molar-refractivity contribution >= 4 is 35.0 Å². The highest BCUT2D eigenvalue weighted by molar-refractivity contribution is 7.99. The number of halogens is 4. The number of amides is 1. The molecule has 11 heteroatoms. The Labute approximate surface area is 192 Å². The van der Waals surface area contributed by atoms with Gasteiger partial charge in [-0.3, -0.25) is 4.79 Å². The van der Waals surface area contributed by atoms with Crippen molar-refractivity contribution < 1.29 is 22.7 Å². The fourth-order valence-corrected chi connectivity index (χ4v) is 3.57. The van der Waals surface area contributed by atoms with E-state index in [1.165, 1.54) is 5.56 Å². The lowest BCUT2D eigenvalue weighted by atomic mass is 10.2. The first-order valence-corrected chi connectivity index (χ1v) is 10.9. The van der Waals surface area contributed by atoms with Crippen LogP contribution >= 0.6 is 23.4 Å². The Kier molecular flexibility index (Phi) is 7.68. The smallest absolute Gasteiger partial charge is 0.416 e. The number of carbonyl (C=O) groups excluding carboxylic acids is 1. The van der Waals surface area contributed by atoms with Gasteiger partial charge in [-0.1, -0.05) is 42.4 Å². The highest BCUT2D eigenvalue weighted by atomic mass is 35.5. The van der Waals surface area contributed by atoms with Crippen LogP contribution in [0.1, 0.15) is 23.9 Å². The van der Waals surface area contributed by atoms with Crippen LogP contribution in [0.4, 0.5) is 18.9 Å². The first kappa shape index (κ1) is 23.9. The van der Waals surface area contributed by atoms with Crippen LogP contribution in [-0.2, 0) is 31.0 Å². The zero-order chi connectivity index (χ0) is 23.3. The van der Waals surface area contributed by atoms with Crippen LogP contribution in [0, 0.1) is 0 Å². The van der Waals surface area contributed by atoms with Gasteiger partial charge in [0, 0.05) is 7.05 Å². The third-order valence-electron chi connectivity index (χ3n) is 4.52. The van der Waals surface area contributed by atoms with Crippen molar-refractivity contribution in [2.24, 2.45) is 7.05 Å². The number of ether oxygens (including phenoxy) is 1. The standard InChI is InChI=1S/C21H20ClF3N4O2S/c1-3-13-4-7-15(8-5-13)31-11-18-27-28-20(29(18)2)32-12-19(30)26-17-10-14(21(23,24)25)6-9-16(17)22/h4-10H,3,11-12H2,1-2H3,(H,26,30). The summed E-state index contributed by atoms with van der Waals surface area (Å²) in [5, 5.41) is 11.0. The summed E-state index contributed by atoms with van der Waals surface area (Å²) in [6.07, 6.45) is -3.59. The number of rotatable bonds is 8. The van der Waals surface area contributed by atoms with Gasteiger partial charge in [-0.25, -0.2) is 0 Å². The lowest BCUT2D eigenvalue weighted by Gasteiger charge is -2.11. The van der Waals surface area contributed by atoms with E-state index in [1.54, 1.807) is 11.6 Å². The van der Waals surface area contributed by atoms with Gasteiger partial charge in [-0.05, 0) is 42.3 Å². The molecule has 1 amide bonds. The van der Waals surface area contributed by atoms with E-state index in [0.717, 1.165) is 36.4 Å². The first-order chi connectivity index (χ1) is 15.2. The van der Waals surface area contributed by atoms with Crippen molar-refractivity contribution in [2.45, 2.75) is 31.3 Å². The molecule has 0 aliphatic carbocycles. The zero-order valence-electron chi connectivity index (χ0n) is 17.2. The lowest BCUT2D eigenvalue weighted by molar-refractivity contribution is -0.137. The summed E-state index contributed by atoms with van der Waals surface area (Å²) in [4.78, 5) is 12.2. The second-order valence-corrected chi connectivity index (χ2v) is 8.12. The van der Waals surface area contributed by atoms with Gasteiger partial charge in [-0.2, -0.15) is 13.2 Å². The molecule has 3 aromatic rings. The molecule has 0 atom stereocenters. The van der Waals surface area contributed by atoms with Crippen molar-refractivity contribution in [3.05, 3.63) is 64.4 Å². The van der Waals surface area contributed by atoms with Gasteiger partial charge in [0.1, 0.15) is 12.4 Å². The van der Waals surface area contributed by atoms with Crippen LogP contribution in [0.15, 0.2) is 47.6 Å². The highest BCUT2D eigenvalue weighted by Gasteiger charge is 2.31. The number of aryl methyl sites for hydroxylation is 1. The second-order valence-electron chi connectivity index (χ2n) is 6.77. The van der Waals surface area contributed by atoms with Crippen LogP contribution in [0.3, 0.4) is 0 Å². The maximum atomic E-state index is 12.9. The number of carbonyl (C=O) groups is 1. The second kappa shape index (κ2) is 10.3. The lowest BCUT2D eigenvalue weighted by Crippen LogP contribution is -2.16. The molecule has 0 saturated carbocycles. The minimum atomic E-state index is -4.53. The molecule has 2 aromatic carbocycles. The maximum absolute atomic E-state index is 12.9. The number of thioether (sulfide) groups is 1. The average molecular weight is 485 g/mol. The molecule has 1 heterocycles. The van der Waals surface area contributed by atoms with Gasteiger partial charge in [0.15, 0.2) is 11.0 Å².